The molecule has 0 heterocycles. The average molecular weight is 218 g/mol. The van der Waals surface area contributed by atoms with E-state index in [1.54, 1.807) is 0 Å². The second-order valence-corrected chi connectivity index (χ2v) is 7.84. The van der Waals surface area contributed by atoms with Crippen molar-refractivity contribution in [3.05, 3.63) is 54.2 Å². The molecule has 0 bridgehead atoms. The Hall–Kier alpha value is -1.12. The van der Waals surface area contributed by atoms with E-state index in [1.165, 1.54) is 5.56 Å². The van der Waals surface area contributed by atoms with Crippen molar-refractivity contribution in [2.24, 2.45) is 0 Å². The van der Waals surface area contributed by atoms with Crippen LogP contribution in [-0.2, 0) is 4.43 Å². The largest absolute Gasteiger partial charge is 0.410 e. The highest BCUT2D eigenvalue weighted by Crippen LogP contribution is 2.06. The lowest BCUT2D eigenvalue weighted by Gasteiger charge is -2.16. The summed E-state index contributed by atoms with van der Waals surface area (Å²) in [6.07, 6.45) is 4.13. The maximum absolute atomic E-state index is 5.73. The molecular formula is C13H18OSi. The number of benzene rings is 1. The maximum atomic E-state index is 5.73. The minimum absolute atomic E-state index is 0.667. The van der Waals surface area contributed by atoms with E-state index in [0.29, 0.717) is 6.61 Å². The highest BCUT2D eigenvalue weighted by atomic mass is 28.4. The van der Waals surface area contributed by atoms with Gasteiger partial charge in [0, 0.05) is 0 Å². The quantitative estimate of drug-likeness (QED) is 0.686. The van der Waals surface area contributed by atoms with E-state index in [-0.39, 0.29) is 0 Å². The highest BCUT2D eigenvalue weighted by molar-refractivity contribution is 6.76. The van der Waals surface area contributed by atoms with Gasteiger partial charge in [-0.15, -0.1) is 6.58 Å². The van der Waals surface area contributed by atoms with Crippen LogP contribution in [0.25, 0.3) is 6.08 Å². The van der Waals surface area contributed by atoms with E-state index in [2.05, 4.69) is 37.9 Å². The van der Waals surface area contributed by atoms with Crippen molar-refractivity contribution in [2.45, 2.75) is 13.1 Å². The van der Waals surface area contributed by atoms with Crippen LogP contribution in [-0.4, -0.2) is 14.9 Å². The summed E-state index contributed by atoms with van der Waals surface area (Å²) in [5, 5.41) is 0. The Morgan fingerprint density at radius 3 is 2.53 bits per heavy atom. The molecule has 15 heavy (non-hydrogen) atoms. The van der Waals surface area contributed by atoms with E-state index < -0.39 is 8.32 Å². The summed E-state index contributed by atoms with van der Waals surface area (Å²) < 4.78 is 5.73. The Labute approximate surface area is 93.2 Å². The van der Waals surface area contributed by atoms with Gasteiger partial charge in [-0.25, -0.2) is 0 Å². The van der Waals surface area contributed by atoms with Gasteiger partial charge in [-0.3, -0.25) is 0 Å². The van der Waals surface area contributed by atoms with Gasteiger partial charge in [0.2, 0.25) is 8.32 Å². The first-order chi connectivity index (χ1) is 7.14. The normalized spacial score (nSPS) is 11.9. The Morgan fingerprint density at radius 2 is 1.93 bits per heavy atom. The van der Waals surface area contributed by atoms with Crippen LogP contribution in [0.15, 0.2) is 48.7 Å². The lowest BCUT2D eigenvalue weighted by molar-refractivity contribution is 0.362. The standard InChI is InChI=1S/C13H18OSi/c1-4-15(2,3)14-12-8-11-13-9-6-5-7-10-13/h4-11H,1,12H2,2-3H3/b11-8+. The molecular weight excluding hydrogens is 200 g/mol. The van der Waals surface area contributed by atoms with Crippen LogP contribution in [0, 0.1) is 0 Å². The molecule has 0 aromatic heterocycles. The SMILES string of the molecule is C=C[Si](C)(C)OC/C=C/c1ccccc1. The van der Waals surface area contributed by atoms with E-state index in [1.807, 2.05) is 30.0 Å². The Kier molecular flexibility index (Phi) is 4.53. The van der Waals surface area contributed by atoms with Crippen LogP contribution in [0.1, 0.15) is 5.56 Å². The third kappa shape index (κ3) is 4.77. The third-order valence-electron chi connectivity index (χ3n) is 2.15. The molecule has 1 aromatic rings. The summed E-state index contributed by atoms with van der Waals surface area (Å²) in [5.74, 6) is 0. The smallest absolute Gasteiger partial charge is 0.210 e. The topological polar surface area (TPSA) is 9.23 Å². The first-order valence-corrected chi connectivity index (χ1v) is 8.12. The van der Waals surface area contributed by atoms with E-state index >= 15 is 0 Å². The first-order valence-electron chi connectivity index (χ1n) is 5.13. The molecule has 1 aromatic carbocycles. The molecule has 0 aliphatic heterocycles. The van der Waals surface area contributed by atoms with Gasteiger partial charge in [-0.1, -0.05) is 48.2 Å². The average Bonchev–Trinajstić information content (AvgIpc) is 2.26. The molecule has 0 fully saturated rings. The molecule has 0 radical (unpaired) electrons. The highest BCUT2D eigenvalue weighted by Gasteiger charge is 2.15. The molecule has 0 N–H and O–H groups in total. The fraction of sp³-hybridized carbons (Fsp3) is 0.231. The molecule has 0 saturated heterocycles. The number of hydrogen-bond acceptors (Lipinski definition) is 1. The first kappa shape index (κ1) is 11.9. The summed E-state index contributed by atoms with van der Waals surface area (Å²) in [5.41, 5.74) is 3.16. The third-order valence-corrected chi connectivity index (χ3v) is 4.05. The van der Waals surface area contributed by atoms with Gasteiger partial charge in [-0.2, -0.15) is 0 Å². The van der Waals surface area contributed by atoms with Crippen molar-refractivity contribution < 1.29 is 4.43 Å². The molecule has 0 unspecified atom stereocenters. The molecule has 1 nitrogen and oxygen atoms in total. The lowest BCUT2D eigenvalue weighted by atomic mass is 10.2. The van der Waals surface area contributed by atoms with Crippen LogP contribution in [0.5, 0.6) is 0 Å². The Morgan fingerprint density at radius 1 is 1.27 bits per heavy atom. The molecule has 80 valence electrons. The zero-order valence-electron chi connectivity index (χ0n) is 9.44. The summed E-state index contributed by atoms with van der Waals surface area (Å²) in [6, 6.07) is 10.2. The zero-order valence-corrected chi connectivity index (χ0v) is 10.4. The summed E-state index contributed by atoms with van der Waals surface area (Å²) in [4.78, 5) is 0. The number of rotatable bonds is 5. The molecule has 0 amide bonds. The van der Waals surface area contributed by atoms with E-state index in [9.17, 15) is 0 Å². The van der Waals surface area contributed by atoms with Crippen molar-refractivity contribution in [1.82, 2.24) is 0 Å². The molecule has 0 spiro atoms. The van der Waals surface area contributed by atoms with Crippen LogP contribution in [0.3, 0.4) is 0 Å². The monoisotopic (exact) mass is 218 g/mol. The predicted octanol–water partition coefficient (Wildman–Crippen LogP) is 3.65. The molecule has 0 aliphatic carbocycles. The molecule has 1 rings (SSSR count). The van der Waals surface area contributed by atoms with Crippen molar-refractivity contribution in [2.75, 3.05) is 6.61 Å². The second-order valence-electron chi connectivity index (χ2n) is 3.93. The van der Waals surface area contributed by atoms with Crippen LogP contribution < -0.4 is 0 Å². The zero-order chi connectivity index (χ0) is 11.1. The van der Waals surface area contributed by atoms with Crippen molar-refractivity contribution >= 4 is 14.4 Å². The molecule has 2 heteroatoms. The van der Waals surface area contributed by atoms with Gasteiger partial charge in [0.15, 0.2) is 0 Å². The Balaban J connectivity index is 2.38. The van der Waals surface area contributed by atoms with Gasteiger partial charge >= 0.3 is 0 Å². The summed E-state index contributed by atoms with van der Waals surface area (Å²) in [7, 11) is -1.60. The van der Waals surface area contributed by atoms with Gasteiger partial charge < -0.3 is 4.43 Å². The predicted molar refractivity (Wildman–Crippen MR) is 69.1 cm³/mol. The number of hydrogen-bond donors (Lipinski definition) is 0. The van der Waals surface area contributed by atoms with Crippen LogP contribution >= 0.6 is 0 Å². The minimum Gasteiger partial charge on any atom is -0.410 e. The van der Waals surface area contributed by atoms with Crippen molar-refractivity contribution in [3.8, 4) is 0 Å². The van der Waals surface area contributed by atoms with Crippen molar-refractivity contribution in [3.63, 3.8) is 0 Å². The fourth-order valence-electron chi connectivity index (χ4n) is 1.07. The van der Waals surface area contributed by atoms with Gasteiger partial charge in [0.05, 0.1) is 6.61 Å². The maximum Gasteiger partial charge on any atom is 0.210 e. The Bertz CT molecular complexity index is 328. The van der Waals surface area contributed by atoms with Gasteiger partial charge in [0.1, 0.15) is 0 Å². The summed E-state index contributed by atoms with van der Waals surface area (Å²) >= 11 is 0. The van der Waals surface area contributed by atoms with Crippen LogP contribution in [0.4, 0.5) is 0 Å². The molecule has 0 saturated carbocycles. The minimum atomic E-state index is -1.60. The van der Waals surface area contributed by atoms with E-state index in [4.69, 9.17) is 4.43 Å². The van der Waals surface area contributed by atoms with Gasteiger partial charge in [-0.05, 0) is 18.7 Å². The fourth-order valence-corrected chi connectivity index (χ4v) is 1.71. The van der Waals surface area contributed by atoms with Gasteiger partial charge in [0.25, 0.3) is 0 Å². The molecule has 0 atom stereocenters. The van der Waals surface area contributed by atoms with Crippen LogP contribution in [0.2, 0.25) is 13.1 Å². The molecule has 0 aliphatic rings. The van der Waals surface area contributed by atoms with E-state index in [0.717, 1.165) is 0 Å². The van der Waals surface area contributed by atoms with Crippen molar-refractivity contribution in [1.29, 1.82) is 0 Å². The summed E-state index contributed by atoms with van der Waals surface area (Å²) in [6.45, 7) is 8.72. The second kappa shape index (κ2) is 5.68. The lowest BCUT2D eigenvalue weighted by Crippen LogP contribution is -2.27.